The molecule has 0 unspecified atom stereocenters. The van der Waals surface area contributed by atoms with E-state index in [0.29, 0.717) is 6.04 Å². The maximum atomic E-state index is 6.11. The first kappa shape index (κ1) is 14.5. The van der Waals surface area contributed by atoms with Crippen LogP contribution in [0.2, 0.25) is 0 Å². The summed E-state index contributed by atoms with van der Waals surface area (Å²) in [5.41, 5.74) is 2.53. The summed E-state index contributed by atoms with van der Waals surface area (Å²) in [6.07, 6.45) is 5.33. The van der Waals surface area contributed by atoms with E-state index in [4.69, 9.17) is 4.74 Å². The first-order valence-electron chi connectivity index (χ1n) is 9.24. The molecular formula is C21H24N2O. The first-order valence-corrected chi connectivity index (χ1v) is 9.24. The molecule has 0 spiro atoms. The van der Waals surface area contributed by atoms with Crippen molar-refractivity contribution in [1.82, 2.24) is 10.2 Å². The number of nitrogens with one attached hydrogen (secondary N) is 1. The zero-order chi connectivity index (χ0) is 15.9. The molecule has 2 aromatic carbocycles. The number of benzene rings is 2. The Morgan fingerprint density at radius 2 is 1.38 bits per heavy atom. The van der Waals surface area contributed by atoms with Crippen molar-refractivity contribution in [2.75, 3.05) is 13.1 Å². The molecule has 2 aromatic rings. The highest BCUT2D eigenvalue weighted by molar-refractivity contribution is 5.52. The Bertz CT molecular complexity index is 687. The van der Waals surface area contributed by atoms with Crippen LogP contribution in [0.1, 0.15) is 42.9 Å². The lowest BCUT2D eigenvalue weighted by atomic mass is 9.92. The van der Waals surface area contributed by atoms with Gasteiger partial charge in [-0.15, -0.1) is 0 Å². The fourth-order valence-corrected chi connectivity index (χ4v) is 4.20. The predicted octanol–water partition coefficient (Wildman–Crippen LogP) is 4.10. The zero-order valence-corrected chi connectivity index (χ0v) is 13.9. The van der Waals surface area contributed by atoms with Crippen molar-refractivity contribution in [3.05, 3.63) is 59.7 Å². The van der Waals surface area contributed by atoms with Gasteiger partial charge in [-0.05, 0) is 50.9 Å². The number of para-hydroxylation sites is 2. The Balaban J connectivity index is 1.39. The predicted molar refractivity (Wildman–Crippen MR) is 95.6 cm³/mol. The molecule has 0 bridgehead atoms. The van der Waals surface area contributed by atoms with Gasteiger partial charge < -0.3 is 15.0 Å². The van der Waals surface area contributed by atoms with Crippen molar-refractivity contribution in [3.8, 4) is 11.5 Å². The maximum Gasteiger partial charge on any atom is 0.132 e. The molecule has 3 aliphatic rings. The zero-order valence-electron chi connectivity index (χ0n) is 13.9. The molecule has 1 N–H and O–H groups in total. The molecule has 5 rings (SSSR count). The van der Waals surface area contributed by atoms with Gasteiger partial charge in [-0.1, -0.05) is 36.4 Å². The van der Waals surface area contributed by atoms with Crippen molar-refractivity contribution in [3.63, 3.8) is 0 Å². The van der Waals surface area contributed by atoms with Crippen molar-refractivity contribution < 1.29 is 4.74 Å². The number of piperidine rings is 1. The Hall–Kier alpha value is -1.84. The van der Waals surface area contributed by atoms with E-state index < -0.39 is 0 Å². The summed E-state index contributed by atoms with van der Waals surface area (Å²) < 4.78 is 6.11. The van der Waals surface area contributed by atoms with Crippen molar-refractivity contribution in [2.24, 2.45) is 0 Å². The summed E-state index contributed by atoms with van der Waals surface area (Å²) in [7, 11) is 0. The number of hydrogen-bond acceptors (Lipinski definition) is 3. The number of likely N-dealkylation sites (tertiary alicyclic amines) is 1. The number of fused-ring (bicyclic) bond motifs is 2. The quantitative estimate of drug-likeness (QED) is 0.921. The van der Waals surface area contributed by atoms with Crippen LogP contribution in [0.3, 0.4) is 0 Å². The second kappa shape index (κ2) is 5.91. The van der Waals surface area contributed by atoms with E-state index >= 15 is 0 Å². The third-order valence-electron chi connectivity index (χ3n) is 5.68. The second-order valence-corrected chi connectivity index (χ2v) is 7.32. The monoisotopic (exact) mass is 320 g/mol. The summed E-state index contributed by atoms with van der Waals surface area (Å²) in [5, 5.41) is 3.94. The largest absolute Gasteiger partial charge is 0.457 e. The topological polar surface area (TPSA) is 24.5 Å². The van der Waals surface area contributed by atoms with Gasteiger partial charge in [-0.25, -0.2) is 0 Å². The Morgan fingerprint density at radius 3 is 1.96 bits per heavy atom. The highest BCUT2D eigenvalue weighted by Gasteiger charge is 2.34. The summed E-state index contributed by atoms with van der Waals surface area (Å²) >= 11 is 0. The smallest absolute Gasteiger partial charge is 0.132 e. The lowest BCUT2D eigenvalue weighted by Gasteiger charge is -2.36. The minimum absolute atomic E-state index is 0.239. The van der Waals surface area contributed by atoms with Gasteiger partial charge in [0, 0.05) is 23.2 Å². The number of hydrogen-bond donors (Lipinski definition) is 1. The molecule has 24 heavy (non-hydrogen) atoms. The minimum Gasteiger partial charge on any atom is -0.457 e. The van der Waals surface area contributed by atoms with Gasteiger partial charge in [0.2, 0.25) is 0 Å². The van der Waals surface area contributed by atoms with E-state index in [1.54, 1.807) is 0 Å². The van der Waals surface area contributed by atoms with Crippen LogP contribution >= 0.6 is 0 Å². The third-order valence-corrected chi connectivity index (χ3v) is 5.68. The van der Waals surface area contributed by atoms with Gasteiger partial charge >= 0.3 is 0 Å². The fraction of sp³-hybridized carbons (Fsp3) is 0.429. The summed E-state index contributed by atoms with van der Waals surface area (Å²) in [4.78, 5) is 2.68. The van der Waals surface area contributed by atoms with Gasteiger partial charge in [0.15, 0.2) is 0 Å². The highest BCUT2D eigenvalue weighted by Crippen LogP contribution is 2.43. The van der Waals surface area contributed by atoms with Crippen LogP contribution in [0.15, 0.2) is 48.5 Å². The molecule has 2 aliphatic heterocycles. The summed E-state index contributed by atoms with van der Waals surface area (Å²) in [6.45, 7) is 2.49. The molecule has 124 valence electrons. The summed E-state index contributed by atoms with van der Waals surface area (Å²) in [6, 6.07) is 18.6. The SMILES string of the molecule is c1ccc2c(c1)Oc1ccccc1C2NC1CCN(C2CC2)CC1. The molecule has 1 saturated carbocycles. The van der Waals surface area contributed by atoms with Crippen molar-refractivity contribution >= 4 is 0 Å². The van der Waals surface area contributed by atoms with Crippen LogP contribution in [0.5, 0.6) is 11.5 Å². The van der Waals surface area contributed by atoms with E-state index in [1.807, 2.05) is 0 Å². The van der Waals surface area contributed by atoms with Crippen LogP contribution in [-0.4, -0.2) is 30.1 Å². The molecule has 3 heteroatoms. The molecule has 1 saturated heterocycles. The van der Waals surface area contributed by atoms with E-state index in [9.17, 15) is 0 Å². The second-order valence-electron chi connectivity index (χ2n) is 7.32. The van der Waals surface area contributed by atoms with Gasteiger partial charge in [0.1, 0.15) is 11.5 Å². The molecule has 0 atom stereocenters. The van der Waals surface area contributed by atoms with Crippen molar-refractivity contribution in [2.45, 2.75) is 43.8 Å². The van der Waals surface area contributed by atoms with Gasteiger partial charge in [-0.3, -0.25) is 0 Å². The Kier molecular flexibility index (Phi) is 3.57. The number of ether oxygens (including phenoxy) is 1. The molecule has 0 aromatic heterocycles. The third kappa shape index (κ3) is 2.62. The summed E-state index contributed by atoms with van der Waals surface area (Å²) in [5.74, 6) is 1.98. The van der Waals surface area contributed by atoms with Crippen LogP contribution < -0.4 is 10.1 Å². The van der Waals surface area contributed by atoms with E-state index in [-0.39, 0.29) is 6.04 Å². The lowest BCUT2D eigenvalue weighted by Crippen LogP contribution is -2.45. The maximum absolute atomic E-state index is 6.11. The molecule has 0 radical (unpaired) electrons. The Labute approximate surface area is 143 Å². The molecule has 1 aliphatic carbocycles. The van der Waals surface area contributed by atoms with Gasteiger partial charge in [0.25, 0.3) is 0 Å². The Morgan fingerprint density at radius 1 is 0.792 bits per heavy atom. The van der Waals surface area contributed by atoms with Crippen molar-refractivity contribution in [1.29, 1.82) is 0 Å². The normalized spacial score (nSPS) is 21.8. The number of nitrogens with zero attached hydrogens (tertiary/aromatic N) is 1. The van der Waals surface area contributed by atoms with E-state index in [1.165, 1.54) is 49.9 Å². The molecule has 3 nitrogen and oxygen atoms in total. The van der Waals surface area contributed by atoms with Crippen LogP contribution in [-0.2, 0) is 0 Å². The average Bonchev–Trinajstić information content (AvgIpc) is 3.47. The van der Waals surface area contributed by atoms with E-state index in [0.717, 1.165) is 17.5 Å². The van der Waals surface area contributed by atoms with E-state index in [2.05, 4.69) is 58.7 Å². The highest BCUT2D eigenvalue weighted by atomic mass is 16.5. The van der Waals surface area contributed by atoms with Gasteiger partial charge in [-0.2, -0.15) is 0 Å². The molecule has 2 fully saturated rings. The lowest BCUT2D eigenvalue weighted by molar-refractivity contribution is 0.184. The minimum atomic E-state index is 0.239. The number of rotatable bonds is 3. The standard InChI is InChI=1S/C21H24N2O/c1-3-7-19-17(5-1)21(18-6-2-4-8-20(18)24-19)22-15-11-13-23(14-12-15)16-9-10-16/h1-8,15-16,21-22H,9-14H2. The van der Waals surface area contributed by atoms with Crippen LogP contribution in [0, 0.1) is 0 Å². The van der Waals surface area contributed by atoms with Gasteiger partial charge in [0.05, 0.1) is 6.04 Å². The fourth-order valence-electron chi connectivity index (χ4n) is 4.20. The molecule has 2 heterocycles. The average molecular weight is 320 g/mol. The molecule has 0 amide bonds. The first-order chi connectivity index (χ1) is 11.9. The van der Waals surface area contributed by atoms with Crippen LogP contribution in [0.25, 0.3) is 0 Å². The molecular weight excluding hydrogens is 296 g/mol. The van der Waals surface area contributed by atoms with Crippen LogP contribution in [0.4, 0.5) is 0 Å².